The van der Waals surface area contributed by atoms with Crippen LogP contribution in [0.3, 0.4) is 0 Å². The molecule has 5 aromatic carbocycles. The van der Waals surface area contributed by atoms with Gasteiger partial charge in [-0.3, -0.25) is 24.0 Å². The Balaban J connectivity index is 0.000000147. The van der Waals surface area contributed by atoms with Crippen LogP contribution in [0.25, 0.3) is 122 Å². The summed E-state index contributed by atoms with van der Waals surface area (Å²) in [6.07, 6.45) is 2.24. The number of thiophene rings is 17. The summed E-state index contributed by atoms with van der Waals surface area (Å²) in [5, 5.41) is 50.5. The van der Waals surface area contributed by atoms with Crippen LogP contribution < -0.4 is 27.1 Å². The molecule has 1 aliphatic carbocycles. The molecule has 1 radical (unpaired) electrons. The molecular formula is C102H76BBr4Cl12LiN3O5S18Sn. The Morgan fingerprint density at radius 2 is 0.830 bits per heavy atom. The van der Waals surface area contributed by atoms with Gasteiger partial charge in [-0.25, -0.2) is 6.07 Å². The molecule has 147 heavy (non-hydrogen) atoms. The van der Waals surface area contributed by atoms with Crippen molar-refractivity contribution in [3.8, 4) is 20.9 Å². The van der Waals surface area contributed by atoms with Crippen LogP contribution in [-0.2, 0) is 9.59 Å². The third-order valence-corrected chi connectivity index (χ3v) is 57.9. The van der Waals surface area contributed by atoms with Crippen molar-refractivity contribution in [3.63, 3.8) is 0 Å². The van der Waals surface area contributed by atoms with Crippen LogP contribution in [0.5, 0.6) is 0 Å². The summed E-state index contributed by atoms with van der Waals surface area (Å²) >= 11 is 116. The fourth-order valence-corrected chi connectivity index (χ4v) is 45.5. The molecule has 0 saturated carbocycles. The number of nitrogens with zero attached hydrogens (tertiary/aromatic N) is 2. The molecule has 18 heterocycles. The number of amides is 2. The van der Waals surface area contributed by atoms with Crippen molar-refractivity contribution in [1.29, 1.82) is 0 Å². The maximum Gasteiger partial charge on any atom is 1.00 e. The minimum Gasteiger partial charge on any atom is -0.304 e. The third-order valence-electron chi connectivity index (χ3n) is 22.3. The molecule has 24 rings (SSSR count). The summed E-state index contributed by atoms with van der Waals surface area (Å²) in [4.78, 5) is 66.8. The molecule has 22 aromatic rings. The standard InChI is InChI=1S/C18H8Cl2S4.C13H9Cl2S2.C12H6Br2Cl2S2.C12H8Br2S2.C12H10S2.C10H2Cl2O2S2.C5H2Cl2OS.C5H5ClS.C4H2ClNO2.C4H11N.C4H3S.3CH3.BHNS.Li.Sn/c19-9-7-24-18-13(9)15(11-3-1-5-21-11)17-14(10(20)8-23-17)16(18)12-4-2-6-22-12;1-5-9-8(14)4-16-12(9)6(2)10-11(15)7(3)17-13(5)10;1-3-5-7(15)11(13)18-10(5)4(2)6-8(16)12(14)17-9(3)6;1-5-7-3-9(13)16-12(7)6(2)8-4-10(14)15-11(5)8;1-7-9-3-5-14-12(9)8(2)10-4-6-13-11(7)10;11-3-1-15-9-5(3)7(13)10-6(8(9)14)4(12)2-16-10;6-4-2-9-1-3(4)5(7)8;1-4-2-7-3-5(4)6;5-6-3(7)1-2-4(6)8;1-3-5-4-2;1-2-4-5-3-1;;;;1-2-3;;/h1-8H;1-3H3;1-2H3;3-4H,1-2H3;3-6H,1-2H3;1-2H;1-2H;2-3H,1H3;1-2H;5H,3-4H2,1-2H3;1-3H;3*1H3;3H;;/q;;;;;;;;;;-1;;;;;+1;. The zero-order valence-corrected chi connectivity index (χ0v) is 113. The van der Waals surface area contributed by atoms with Gasteiger partial charge < -0.3 is 16.7 Å². The maximum atomic E-state index is 12.1. The number of hydrogen-bond donors (Lipinski definition) is 2. The molecule has 8 nitrogen and oxygen atoms in total. The normalized spacial score (nSPS) is 11.8. The van der Waals surface area contributed by atoms with Gasteiger partial charge in [0.05, 0.1) is 81.8 Å². The van der Waals surface area contributed by atoms with E-state index in [2.05, 4.69) is 260 Å². The van der Waals surface area contributed by atoms with Crippen LogP contribution in [0.2, 0.25) is 65.0 Å². The second-order valence-electron chi connectivity index (χ2n) is 32.5. The molecule has 0 bridgehead atoms. The van der Waals surface area contributed by atoms with Gasteiger partial charge in [0, 0.05) is 142 Å². The number of thiol groups is 1. The van der Waals surface area contributed by atoms with Gasteiger partial charge in [0.2, 0.25) is 11.6 Å². The van der Waals surface area contributed by atoms with Gasteiger partial charge in [0.1, 0.15) is 0 Å². The fraction of sp³-hybridized carbons (Fsp3) is 0.167. The van der Waals surface area contributed by atoms with Gasteiger partial charge in [-0.1, -0.05) is 119 Å². The van der Waals surface area contributed by atoms with Crippen LogP contribution in [0.4, 0.5) is 0 Å². The second kappa shape index (κ2) is 55.5. The largest absolute Gasteiger partial charge is 1.00 e. The number of ketones is 2. The first-order chi connectivity index (χ1) is 69.4. The van der Waals surface area contributed by atoms with Gasteiger partial charge in [0.15, 0.2) is 0 Å². The number of aryl methyl sites for hydroxylation is 10. The summed E-state index contributed by atoms with van der Waals surface area (Å²) in [7, 11) is 4.34. The molecule has 1 aliphatic heterocycles. The predicted octanol–water partition coefficient (Wildman–Crippen LogP) is 43.1. The topological polar surface area (TPSA) is 113 Å². The van der Waals surface area contributed by atoms with Crippen molar-refractivity contribution in [2.45, 2.75) is 97.9 Å². The molecule has 2 aliphatic rings. The minimum atomic E-state index is -2.19. The van der Waals surface area contributed by atoms with Crippen LogP contribution in [0.1, 0.15) is 110 Å². The number of rotatable bonds is 6. The summed E-state index contributed by atoms with van der Waals surface area (Å²) in [5.74, 6) is -1.35. The predicted molar refractivity (Wildman–Crippen MR) is 690 cm³/mol. The summed E-state index contributed by atoms with van der Waals surface area (Å²) in [6, 6.07) is 21.3. The number of fused-ring (bicyclic) bond motifs is 12. The van der Waals surface area contributed by atoms with Crippen molar-refractivity contribution >= 4 is 567 Å². The number of hydrogen-bond acceptors (Lipinski definition) is 25. The van der Waals surface area contributed by atoms with Crippen molar-refractivity contribution in [2.75, 3.05) is 13.1 Å². The van der Waals surface area contributed by atoms with Crippen LogP contribution in [-0.4, -0.2) is 72.1 Å². The van der Waals surface area contributed by atoms with E-state index in [-0.39, 0.29) is 30.4 Å². The fourth-order valence-electron chi connectivity index (χ4n) is 15.5. The number of imide groups is 1. The van der Waals surface area contributed by atoms with Crippen LogP contribution in [0.15, 0.2) is 162 Å². The van der Waals surface area contributed by atoms with Crippen molar-refractivity contribution in [3.05, 3.63) is 295 Å². The molecule has 1 N–H and O–H groups in total. The first kappa shape index (κ1) is 124. The molecule has 0 spiro atoms. The first-order valence-corrected chi connectivity index (χ1v) is 75.6. The van der Waals surface area contributed by atoms with Crippen molar-refractivity contribution in [2.24, 2.45) is 4.30 Å². The van der Waals surface area contributed by atoms with E-state index in [9.17, 15) is 24.0 Å². The Labute approximate surface area is 1030 Å². The van der Waals surface area contributed by atoms with E-state index >= 15 is 0 Å². The van der Waals surface area contributed by atoms with E-state index in [1.807, 2.05) is 103 Å². The average molecular weight is 2880 g/mol. The zero-order valence-electron chi connectivity index (χ0n) is 79.8. The second-order valence-corrected chi connectivity index (χ2v) is 73.9. The number of halogens is 16. The Bertz CT molecular complexity index is 8170. The van der Waals surface area contributed by atoms with Crippen LogP contribution in [0, 0.1) is 74.6 Å². The van der Waals surface area contributed by atoms with Crippen LogP contribution >= 0.6 is 409 Å². The monoisotopic (exact) mass is 2870 g/mol. The summed E-state index contributed by atoms with van der Waals surface area (Å²) in [6.45, 7) is 28.0. The SMILES string of the molecule is CCNCC.Cc1c2cc(Br)sc2c(C)c2cc(Br)sc12.Cc1c2ccsc2c(C)c2ccsc12.Cc1c2sc(Br)c(Cl)c2c(C)c2sc(Br)c(Cl)c12.Cc1cscc1Cl.Cc1sc2c(C)c3c(Cl)[c]([Sn]([CH3])([CH3])[CH3])sc3c(C)c2c1Cl.Clc1csc2c(-c3cccs3)c3c(Cl)csc3c(-c3cccs3)c12.O=C(Cl)c1cscc1Cl.O=C1C=CC(=O)N1Cl.O=C1c2scc(Cl)c2C(=O)c2scc(Cl)c21.[B]=NS.[Li+].[c-]1cccs1. The van der Waals surface area contributed by atoms with E-state index in [1.165, 1.54) is 200 Å². The molecule has 0 unspecified atom stereocenters. The van der Waals surface area contributed by atoms with E-state index < -0.39 is 35.4 Å². The number of benzene rings is 5. The molecule has 17 aromatic heterocycles. The molecule has 45 heteroatoms. The number of carbonyl (C=O) groups is 5. The third kappa shape index (κ3) is 27.5. The van der Waals surface area contributed by atoms with E-state index in [4.69, 9.17) is 139 Å². The number of carbonyl (C=O) groups excluding carboxylic acids is 5. The van der Waals surface area contributed by atoms with Gasteiger partial charge in [-0.05, 0) is 261 Å². The van der Waals surface area contributed by atoms with Gasteiger partial charge in [-0.15, -0.1) is 141 Å². The van der Waals surface area contributed by atoms with E-state index in [0.717, 1.165) is 89.5 Å². The Morgan fingerprint density at radius 1 is 0.429 bits per heavy atom. The first-order valence-electron chi connectivity index (χ1n) is 42.9. The summed E-state index contributed by atoms with van der Waals surface area (Å²) in [5.41, 5.74) is 15.3. The maximum absolute atomic E-state index is 12.1. The molecule has 0 fully saturated rings. The van der Waals surface area contributed by atoms with Gasteiger partial charge in [-0.2, -0.15) is 38.5 Å². The van der Waals surface area contributed by atoms with E-state index in [0.29, 0.717) is 45.9 Å². The van der Waals surface area contributed by atoms with Gasteiger partial charge in [0.25, 0.3) is 17.1 Å². The number of nitrogens with one attached hydrogen (secondary N) is 1. The molecular weight excluding hydrogens is 2810 g/mol. The molecule has 757 valence electrons. The molecule has 0 atom stereocenters. The van der Waals surface area contributed by atoms with Crippen molar-refractivity contribution < 1.29 is 42.8 Å². The minimum absolute atomic E-state index is 0. The Morgan fingerprint density at radius 3 is 1.16 bits per heavy atom. The van der Waals surface area contributed by atoms with Crippen molar-refractivity contribution in [1.82, 2.24) is 9.74 Å². The Kier molecular flexibility index (Phi) is 46.8. The molecule has 0 saturated heterocycles. The summed E-state index contributed by atoms with van der Waals surface area (Å²) < 4.78 is 22.3. The van der Waals surface area contributed by atoms with Gasteiger partial charge >= 0.3 is 193 Å². The quantitative estimate of drug-likeness (QED) is 0.0428. The smallest absolute Gasteiger partial charge is 0.304 e. The van der Waals surface area contributed by atoms with E-state index in [1.54, 1.807) is 124 Å². The average Bonchev–Trinajstić information content (AvgIpc) is 1.58. The Hall–Kier alpha value is -1.54. The molecule has 2 amide bonds. The zero-order chi connectivity index (χ0) is 106.